The van der Waals surface area contributed by atoms with E-state index in [1.54, 1.807) is 4.90 Å². The number of aromatic nitrogens is 1. The van der Waals surface area contributed by atoms with E-state index in [1.807, 2.05) is 14.0 Å². The van der Waals surface area contributed by atoms with Crippen molar-refractivity contribution in [1.82, 2.24) is 20.3 Å². The first kappa shape index (κ1) is 24.4. The predicted octanol–water partition coefficient (Wildman–Crippen LogP) is 1.89. The molecule has 2 atom stereocenters. The molecule has 1 aliphatic heterocycles. The highest BCUT2D eigenvalue weighted by molar-refractivity contribution is 5.77. The van der Waals surface area contributed by atoms with E-state index in [0.717, 1.165) is 38.5 Å². The summed E-state index contributed by atoms with van der Waals surface area (Å²) in [5.41, 5.74) is 0. The first-order valence-electron chi connectivity index (χ1n) is 10.9. The molecule has 174 valence electrons. The maximum Gasteiger partial charge on any atom is 0.333 e. The van der Waals surface area contributed by atoms with Crippen molar-refractivity contribution in [2.75, 3.05) is 13.6 Å². The molecule has 31 heavy (non-hydrogen) atoms. The number of urea groups is 1. The molecule has 3 amide bonds. The van der Waals surface area contributed by atoms with Crippen LogP contribution in [0.15, 0.2) is 12.1 Å². The lowest BCUT2D eigenvalue weighted by Gasteiger charge is -2.20. The summed E-state index contributed by atoms with van der Waals surface area (Å²) in [6.45, 7) is 2.58. The Balaban J connectivity index is 1.44. The van der Waals surface area contributed by atoms with Crippen LogP contribution < -0.4 is 15.5 Å². The lowest BCUT2D eigenvalue weighted by atomic mass is 10.0. The van der Waals surface area contributed by atoms with Crippen molar-refractivity contribution in [2.24, 2.45) is 0 Å². The molecule has 0 aliphatic carbocycles. The monoisotopic (exact) mass is 438 g/mol. The van der Waals surface area contributed by atoms with Gasteiger partial charge in [-0.05, 0) is 32.6 Å². The van der Waals surface area contributed by atoms with Crippen LogP contribution in [0.2, 0.25) is 0 Å². The highest BCUT2D eigenvalue weighted by Gasteiger charge is 2.32. The lowest BCUT2D eigenvalue weighted by molar-refractivity contribution is -0.145. The number of carbonyl (C=O) groups is 3. The van der Waals surface area contributed by atoms with Crippen LogP contribution in [-0.4, -0.2) is 63.4 Å². The summed E-state index contributed by atoms with van der Waals surface area (Å²) < 4.78 is 0.672. The number of likely N-dealkylation sites (N-methyl/N-ethyl adjacent to an activating group) is 1. The Morgan fingerprint density at radius 1 is 1.06 bits per heavy atom. The molecular weight excluding hydrogens is 404 g/mol. The Morgan fingerprint density at radius 3 is 2.35 bits per heavy atom. The van der Waals surface area contributed by atoms with Gasteiger partial charge in [0.05, 0.1) is 6.04 Å². The number of nitrogens with zero attached hydrogens (tertiary/aromatic N) is 2. The van der Waals surface area contributed by atoms with Gasteiger partial charge in [-0.25, -0.2) is 9.59 Å². The molecule has 0 radical (unpaired) electrons. The fraction of sp³-hybridized carbons (Fsp3) is 0.667. The zero-order valence-corrected chi connectivity index (χ0v) is 18.3. The molecule has 1 saturated heterocycles. The van der Waals surface area contributed by atoms with Crippen LogP contribution in [0.1, 0.15) is 64.7 Å². The van der Waals surface area contributed by atoms with Crippen molar-refractivity contribution >= 4 is 17.9 Å². The van der Waals surface area contributed by atoms with Gasteiger partial charge in [0.1, 0.15) is 0 Å². The molecule has 2 rings (SSSR count). The highest BCUT2D eigenvalue weighted by atomic mass is 16.7. The van der Waals surface area contributed by atoms with Gasteiger partial charge in [0, 0.05) is 44.6 Å². The fourth-order valence-corrected chi connectivity index (χ4v) is 3.67. The number of unbranched alkanes of at least 4 members (excludes halogenated alkanes) is 4. The van der Waals surface area contributed by atoms with Gasteiger partial charge in [0.25, 0.3) is 0 Å². The molecule has 2 heterocycles. The summed E-state index contributed by atoms with van der Waals surface area (Å²) in [5, 5.41) is 24.6. The van der Waals surface area contributed by atoms with E-state index in [0.29, 0.717) is 24.1 Å². The van der Waals surface area contributed by atoms with Crippen molar-refractivity contribution in [2.45, 2.75) is 76.8 Å². The van der Waals surface area contributed by atoms with E-state index in [4.69, 9.17) is 4.84 Å². The summed E-state index contributed by atoms with van der Waals surface area (Å²) in [6.07, 6.45) is 6.43. The molecule has 0 aromatic carbocycles. The Labute approximate surface area is 182 Å². The van der Waals surface area contributed by atoms with Crippen LogP contribution in [-0.2, 0) is 9.59 Å². The fourth-order valence-electron chi connectivity index (χ4n) is 3.67. The Morgan fingerprint density at radius 2 is 1.71 bits per heavy atom. The summed E-state index contributed by atoms with van der Waals surface area (Å²) in [5.74, 6) is -1.22. The van der Waals surface area contributed by atoms with Crippen LogP contribution >= 0.6 is 0 Å². The van der Waals surface area contributed by atoms with Gasteiger partial charge in [-0.1, -0.05) is 19.3 Å². The average molecular weight is 439 g/mol. The number of rotatable bonds is 13. The average Bonchev–Trinajstić information content (AvgIpc) is 3.16. The molecule has 1 fully saturated rings. The van der Waals surface area contributed by atoms with Crippen molar-refractivity contribution in [1.29, 1.82) is 0 Å². The van der Waals surface area contributed by atoms with E-state index in [2.05, 4.69) is 10.6 Å². The van der Waals surface area contributed by atoms with Gasteiger partial charge in [-0.2, -0.15) is 0 Å². The Bertz CT molecular complexity index is 731. The molecule has 10 heteroatoms. The van der Waals surface area contributed by atoms with Crippen LogP contribution in [0, 0.1) is 0 Å². The van der Waals surface area contributed by atoms with Crippen molar-refractivity contribution < 1.29 is 29.4 Å². The molecule has 1 aliphatic rings. The number of aromatic hydroxyl groups is 2. The van der Waals surface area contributed by atoms with Crippen molar-refractivity contribution in [3.63, 3.8) is 0 Å². The summed E-state index contributed by atoms with van der Waals surface area (Å²) in [6, 6.07) is 2.81. The molecule has 2 unspecified atom stereocenters. The topological polar surface area (TPSA) is 133 Å². The first-order chi connectivity index (χ1) is 14.8. The largest absolute Gasteiger partial charge is 0.492 e. The minimum Gasteiger partial charge on any atom is -0.492 e. The standard InChI is InChI=1S/C21H34N4O6/c1-15-16(24(2)21(30)23-15)9-5-3-6-10-17(26)22-14-8-4-7-11-20(29)31-25-18(27)12-13-19(25)28/h12-13,15-16,27-28H,3-11,14H2,1-2H3,(H,22,26)(H,23,30). The maximum absolute atomic E-state index is 11.9. The molecule has 0 spiro atoms. The molecule has 1 aromatic rings. The number of carbonyl (C=O) groups excluding carboxylic acids is 3. The van der Waals surface area contributed by atoms with Crippen molar-refractivity contribution in [3.05, 3.63) is 12.1 Å². The Kier molecular flexibility index (Phi) is 9.48. The predicted molar refractivity (Wildman–Crippen MR) is 113 cm³/mol. The second-order valence-corrected chi connectivity index (χ2v) is 7.98. The molecule has 0 saturated carbocycles. The summed E-state index contributed by atoms with van der Waals surface area (Å²) in [4.78, 5) is 41.8. The third kappa shape index (κ3) is 7.69. The third-order valence-electron chi connectivity index (χ3n) is 5.52. The smallest absolute Gasteiger partial charge is 0.333 e. The van der Waals surface area contributed by atoms with E-state index in [1.165, 1.54) is 12.1 Å². The van der Waals surface area contributed by atoms with Crippen LogP contribution in [0.5, 0.6) is 11.8 Å². The third-order valence-corrected chi connectivity index (χ3v) is 5.52. The van der Waals surface area contributed by atoms with E-state index < -0.39 is 5.97 Å². The van der Waals surface area contributed by atoms with Gasteiger partial charge in [0.2, 0.25) is 17.7 Å². The van der Waals surface area contributed by atoms with Crippen molar-refractivity contribution in [3.8, 4) is 11.8 Å². The molecular formula is C21H34N4O6. The van der Waals surface area contributed by atoms with Gasteiger partial charge in [-0.3, -0.25) is 4.79 Å². The van der Waals surface area contributed by atoms with E-state index in [9.17, 15) is 24.6 Å². The summed E-state index contributed by atoms with van der Waals surface area (Å²) >= 11 is 0. The minimum atomic E-state index is -0.552. The normalized spacial score (nSPS) is 18.1. The quantitative estimate of drug-likeness (QED) is 0.348. The Hall–Kier alpha value is -2.91. The molecule has 4 N–H and O–H groups in total. The van der Waals surface area contributed by atoms with E-state index >= 15 is 0 Å². The highest BCUT2D eigenvalue weighted by Crippen LogP contribution is 2.19. The first-order valence-corrected chi connectivity index (χ1v) is 10.9. The number of amides is 3. The van der Waals surface area contributed by atoms with Gasteiger partial charge in [0.15, 0.2) is 0 Å². The maximum atomic E-state index is 11.9. The number of hydrogen-bond acceptors (Lipinski definition) is 6. The van der Waals surface area contributed by atoms with Crippen LogP contribution in [0.25, 0.3) is 0 Å². The second-order valence-electron chi connectivity index (χ2n) is 7.98. The molecule has 0 bridgehead atoms. The van der Waals surface area contributed by atoms with Crippen LogP contribution in [0.3, 0.4) is 0 Å². The molecule has 10 nitrogen and oxygen atoms in total. The van der Waals surface area contributed by atoms with E-state index in [-0.39, 0.29) is 42.2 Å². The number of hydrogen-bond donors (Lipinski definition) is 4. The van der Waals surface area contributed by atoms with Gasteiger partial charge < -0.3 is 30.6 Å². The van der Waals surface area contributed by atoms with Crippen LogP contribution in [0.4, 0.5) is 4.79 Å². The zero-order valence-electron chi connectivity index (χ0n) is 18.3. The minimum absolute atomic E-state index is 0.0201. The second kappa shape index (κ2) is 12.1. The number of nitrogens with one attached hydrogen (secondary N) is 2. The SMILES string of the molecule is CC1NC(=O)N(C)C1CCCCCC(=O)NCCCCCC(=O)On1c(O)ccc1O. The molecule has 1 aromatic heterocycles. The van der Waals surface area contributed by atoms with Gasteiger partial charge in [-0.15, -0.1) is 4.73 Å². The zero-order chi connectivity index (χ0) is 22.8. The summed E-state index contributed by atoms with van der Waals surface area (Å²) in [7, 11) is 1.82. The van der Waals surface area contributed by atoms with Gasteiger partial charge >= 0.3 is 12.0 Å². The lowest BCUT2D eigenvalue weighted by Crippen LogP contribution is -2.32.